The molecule has 2 amide bonds. The van der Waals surface area contributed by atoms with Gasteiger partial charge in [0.1, 0.15) is 12.6 Å². The Morgan fingerprint density at radius 1 is 0.923 bits per heavy atom. The smallest absolute Gasteiger partial charge is 0.264 e. The molecule has 0 aliphatic heterocycles. The molecular weight excluding hydrogens is 518 g/mol. The molecule has 9 nitrogen and oxygen atoms in total. The van der Waals surface area contributed by atoms with Crippen LogP contribution < -0.4 is 19.1 Å². The molecule has 0 unspecified atom stereocenters. The van der Waals surface area contributed by atoms with Gasteiger partial charge in [0.15, 0.2) is 11.5 Å². The number of ether oxygens (including phenoxy) is 2. The lowest BCUT2D eigenvalue weighted by Crippen LogP contribution is -2.51. The van der Waals surface area contributed by atoms with E-state index in [0.29, 0.717) is 18.0 Å². The van der Waals surface area contributed by atoms with Crippen LogP contribution in [0.3, 0.4) is 0 Å². The number of aryl methyl sites for hydroxylation is 1. The van der Waals surface area contributed by atoms with Crippen LogP contribution in [0, 0.1) is 6.92 Å². The number of anilines is 1. The number of rotatable bonds is 12. The van der Waals surface area contributed by atoms with Crippen LogP contribution in [0.25, 0.3) is 0 Å². The Morgan fingerprint density at radius 2 is 1.56 bits per heavy atom. The first-order chi connectivity index (χ1) is 18.6. The average Bonchev–Trinajstić information content (AvgIpc) is 2.94. The lowest BCUT2D eigenvalue weighted by atomic mass is 10.1. The van der Waals surface area contributed by atoms with E-state index in [2.05, 4.69) is 5.32 Å². The van der Waals surface area contributed by atoms with Crippen molar-refractivity contribution >= 4 is 27.5 Å². The molecule has 3 aromatic carbocycles. The average molecular weight is 554 g/mol. The predicted octanol–water partition coefficient (Wildman–Crippen LogP) is 3.76. The van der Waals surface area contributed by atoms with Crippen LogP contribution in [0.15, 0.2) is 77.7 Å². The van der Waals surface area contributed by atoms with Gasteiger partial charge < -0.3 is 19.7 Å². The first kappa shape index (κ1) is 29.5. The highest BCUT2D eigenvalue weighted by Crippen LogP contribution is 2.34. The van der Waals surface area contributed by atoms with Crippen molar-refractivity contribution in [1.82, 2.24) is 10.2 Å². The number of sulfonamides is 1. The molecular formula is C29H35N3O6S. The van der Waals surface area contributed by atoms with E-state index in [0.717, 1.165) is 15.4 Å². The number of nitrogens with zero attached hydrogens (tertiary/aromatic N) is 2. The summed E-state index contributed by atoms with van der Waals surface area (Å²) in [6.45, 7) is 5.26. The zero-order valence-corrected chi connectivity index (χ0v) is 23.7. The van der Waals surface area contributed by atoms with Crippen molar-refractivity contribution in [3.8, 4) is 11.5 Å². The minimum absolute atomic E-state index is 0.0297. The van der Waals surface area contributed by atoms with Gasteiger partial charge >= 0.3 is 0 Å². The minimum atomic E-state index is -4.18. The van der Waals surface area contributed by atoms with Gasteiger partial charge in [-0.25, -0.2) is 8.42 Å². The van der Waals surface area contributed by atoms with Gasteiger partial charge in [0.25, 0.3) is 10.0 Å². The number of likely N-dealkylation sites (N-methyl/N-ethyl adjacent to an activating group) is 1. The summed E-state index contributed by atoms with van der Waals surface area (Å²) in [6, 6.07) is 19.4. The molecule has 0 aliphatic carbocycles. The summed E-state index contributed by atoms with van der Waals surface area (Å²) in [5, 5.41) is 2.75. The fourth-order valence-electron chi connectivity index (χ4n) is 4.03. The highest BCUT2D eigenvalue weighted by atomic mass is 32.2. The van der Waals surface area contributed by atoms with Gasteiger partial charge in [-0.3, -0.25) is 13.9 Å². The van der Waals surface area contributed by atoms with E-state index in [-0.39, 0.29) is 23.0 Å². The zero-order valence-electron chi connectivity index (χ0n) is 22.9. The van der Waals surface area contributed by atoms with Crippen LogP contribution in [0.2, 0.25) is 0 Å². The molecule has 0 radical (unpaired) electrons. The first-order valence-electron chi connectivity index (χ1n) is 12.5. The maximum absolute atomic E-state index is 13.9. The molecule has 0 saturated heterocycles. The molecule has 0 heterocycles. The van der Waals surface area contributed by atoms with Gasteiger partial charge in [-0.05, 0) is 50.6 Å². The lowest BCUT2D eigenvalue weighted by Gasteiger charge is -2.32. The largest absolute Gasteiger partial charge is 0.493 e. The summed E-state index contributed by atoms with van der Waals surface area (Å²) >= 11 is 0. The van der Waals surface area contributed by atoms with Crippen LogP contribution in [0.5, 0.6) is 11.5 Å². The lowest BCUT2D eigenvalue weighted by molar-refractivity contribution is -0.139. The van der Waals surface area contributed by atoms with Gasteiger partial charge in [-0.2, -0.15) is 0 Å². The zero-order chi connectivity index (χ0) is 28.6. The Bertz CT molecular complexity index is 1380. The van der Waals surface area contributed by atoms with Crippen LogP contribution >= 0.6 is 0 Å². The van der Waals surface area contributed by atoms with E-state index < -0.39 is 28.5 Å². The van der Waals surface area contributed by atoms with E-state index in [1.54, 1.807) is 38.1 Å². The van der Waals surface area contributed by atoms with Crippen molar-refractivity contribution < 1.29 is 27.5 Å². The van der Waals surface area contributed by atoms with Gasteiger partial charge in [-0.15, -0.1) is 0 Å². The van der Waals surface area contributed by atoms with E-state index in [9.17, 15) is 18.0 Å². The standard InChI is InChI=1S/C29H35N3O6S/c1-6-30-29(34)22(3)31(19-23-10-8-7-9-11-23)28(33)20-32(24-14-17-26(37-4)27(18-24)38-5)39(35,36)25-15-12-21(2)13-16-25/h7-18,22H,6,19-20H2,1-5H3,(H,30,34)/t22-/m0/s1. The second-order valence-electron chi connectivity index (χ2n) is 8.94. The third-order valence-corrected chi connectivity index (χ3v) is 8.05. The molecule has 39 heavy (non-hydrogen) atoms. The van der Waals surface area contributed by atoms with E-state index in [1.807, 2.05) is 37.3 Å². The number of carbonyl (C=O) groups is 2. The molecule has 0 bridgehead atoms. The minimum Gasteiger partial charge on any atom is -0.493 e. The van der Waals surface area contributed by atoms with Crippen molar-refractivity contribution in [2.24, 2.45) is 0 Å². The molecule has 3 rings (SSSR count). The number of hydrogen-bond acceptors (Lipinski definition) is 6. The van der Waals surface area contributed by atoms with E-state index in [1.165, 1.54) is 37.3 Å². The summed E-state index contributed by atoms with van der Waals surface area (Å²) < 4.78 is 39.6. The third-order valence-electron chi connectivity index (χ3n) is 6.26. The van der Waals surface area contributed by atoms with Crippen molar-refractivity contribution in [3.63, 3.8) is 0 Å². The Hall–Kier alpha value is -4.05. The highest BCUT2D eigenvalue weighted by molar-refractivity contribution is 7.92. The Morgan fingerprint density at radius 3 is 2.15 bits per heavy atom. The van der Waals surface area contributed by atoms with Crippen LogP contribution in [-0.4, -0.2) is 58.5 Å². The second-order valence-corrected chi connectivity index (χ2v) is 10.8. The molecule has 1 N–H and O–H groups in total. The maximum Gasteiger partial charge on any atom is 0.264 e. The van der Waals surface area contributed by atoms with Crippen molar-refractivity contribution in [1.29, 1.82) is 0 Å². The maximum atomic E-state index is 13.9. The fourth-order valence-corrected chi connectivity index (χ4v) is 5.44. The van der Waals surface area contributed by atoms with Crippen molar-refractivity contribution in [2.45, 2.75) is 38.3 Å². The molecule has 208 valence electrons. The molecule has 0 fully saturated rings. The summed E-state index contributed by atoms with van der Waals surface area (Å²) in [5.41, 5.74) is 1.92. The van der Waals surface area contributed by atoms with Gasteiger partial charge in [0.05, 0.1) is 24.8 Å². The number of hydrogen-bond donors (Lipinski definition) is 1. The fraction of sp³-hybridized carbons (Fsp3) is 0.310. The van der Waals surface area contributed by atoms with Gasteiger partial charge in [0, 0.05) is 19.2 Å². The molecule has 3 aromatic rings. The highest BCUT2D eigenvalue weighted by Gasteiger charge is 2.32. The predicted molar refractivity (Wildman–Crippen MR) is 150 cm³/mol. The summed E-state index contributed by atoms with van der Waals surface area (Å²) in [7, 11) is -1.26. The van der Waals surface area contributed by atoms with E-state index in [4.69, 9.17) is 9.47 Å². The Balaban J connectivity index is 2.08. The van der Waals surface area contributed by atoms with Crippen LogP contribution in [-0.2, 0) is 26.2 Å². The molecule has 0 spiro atoms. The molecule has 0 aliphatic rings. The molecule has 10 heteroatoms. The van der Waals surface area contributed by atoms with E-state index >= 15 is 0 Å². The third kappa shape index (κ3) is 7.08. The molecule has 0 aromatic heterocycles. The number of methoxy groups -OCH3 is 2. The van der Waals surface area contributed by atoms with Crippen molar-refractivity contribution in [3.05, 3.63) is 83.9 Å². The first-order valence-corrected chi connectivity index (χ1v) is 14.0. The Kier molecular flexibility index (Phi) is 9.95. The van der Waals surface area contributed by atoms with Crippen molar-refractivity contribution in [2.75, 3.05) is 31.6 Å². The van der Waals surface area contributed by atoms with Gasteiger partial charge in [-0.1, -0.05) is 48.0 Å². The molecule has 0 saturated carbocycles. The number of carbonyl (C=O) groups excluding carboxylic acids is 2. The number of nitrogens with one attached hydrogen (secondary N) is 1. The Labute approximate surface area is 230 Å². The van der Waals surface area contributed by atoms with Crippen LogP contribution in [0.1, 0.15) is 25.0 Å². The SMILES string of the molecule is CCNC(=O)[C@H](C)N(Cc1ccccc1)C(=O)CN(c1ccc(OC)c(OC)c1)S(=O)(=O)c1ccc(C)cc1. The topological polar surface area (TPSA) is 105 Å². The summed E-state index contributed by atoms with van der Waals surface area (Å²) in [5.74, 6) is -0.150. The quantitative estimate of drug-likeness (QED) is 0.366. The van der Waals surface area contributed by atoms with Gasteiger partial charge in [0.2, 0.25) is 11.8 Å². The van der Waals surface area contributed by atoms with Crippen LogP contribution in [0.4, 0.5) is 5.69 Å². The normalized spacial score (nSPS) is 11.8. The monoisotopic (exact) mass is 553 g/mol. The number of benzene rings is 3. The summed E-state index contributed by atoms with van der Waals surface area (Å²) in [6.07, 6.45) is 0. The summed E-state index contributed by atoms with van der Waals surface area (Å²) in [4.78, 5) is 28.1. The number of amides is 2. The second kappa shape index (κ2) is 13.1. The molecule has 1 atom stereocenters.